The lowest BCUT2D eigenvalue weighted by Gasteiger charge is -2.25. The minimum Gasteiger partial charge on any atom is -0.338 e. The SMILES string of the molecule is CSCC(=O)N(C)C1CCc2ccccc21. The van der Waals surface area contributed by atoms with E-state index in [0.29, 0.717) is 5.75 Å². The van der Waals surface area contributed by atoms with E-state index in [2.05, 4.69) is 24.3 Å². The van der Waals surface area contributed by atoms with Crippen molar-refractivity contribution in [3.63, 3.8) is 0 Å². The fraction of sp³-hybridized carbons (Fsp3) is 0.462. The molecule has 1 aliphatic carbocycles. The topological polar surface area (TPSA) is 20.3 Å². The predicted octanol–water partition coefficient (Wildman–Crippen LogP) is 2.50. The summed E-state index contributed by atoms with van der Waals surface area (Å²) in [6, 6.07) is 8.74. The zero-order valence-electron chi connectivity index (χ0n) is 9.77. The Balaban J connectivity index is 2.15. The van der Waals surface area contributed by atoms with Gasteiger partial charge in [0.15, 0.2) is 0 Å². The summed E-state index contributed by atoms with van der Waals surface area (Å²) < 4.78 is 0. The van der Waals surface area contributed by atoms with Crippen LogP contribution in [0.5, 0.6) is 0 Å². The lowest BCUT2D eigenvalue weighted by molar-refractivity contribution is -0.129. The van der Waals surface area contributed by atoms with Crippen molar-refractivity contribution in [2.24, 2.45) is 0 Å². The quantitative estimate of drug-likeness (QED) is 0.802. The van der Waals surface area contributed by atoms with E-state index in [4.69, 9.17) is 0 Å². The van der Waals surface area contributed by atoms with Crippen molar-refractivity contribution in [1.29, 1.82) is 0 Å². The molecule has 0 N–H and O–H groups in total. The molecule has 3 heteroatoms. The molecule has 0 heterocycles. The highest BCUT2D eigenvalue weighted by molar-refractivity contribution is 7.99. The molecule has 0 aliphatic heterocycles. The highest BCUT2D eigenvalue weighted by Crippen LogP contribution is 2.34. The summed E-state index contributed by atoms with van der Waals surface area (Å²) in [6.07, 6.45) is 4.13. The van der Waals surface area contributed by atoms with Crippen LogP contribution in [0.4, 0.5) is 0 Å². The highest BCUT2D eigenvalue weighted by atomic mass is 32.2. The third-order valence-corrected chi connectivity index (χ3v) is 3.77. The number of thioether (sulfide) groups is 1. The Morgan fingerprint density at radius 3 is 3.00 bits per heavy atom. The summed E-state index contributed by atoms with van der Waals surface area (Å²) in [7, 11) is 1.92. The van der Waals surface area contributed by atoms with Crippen LogP contribution in [0.15, 0.2) is 24.3 Å². The lowest BCUT2D eigenvalue weighted by atomic mass is 10.1. The maximum atomic E-state index is 11.8. The van der Waals surface area contributed by atoms with Crippen LogP contribution in [-0.2, 0) is 11.2 Å². The fourth-order valence-electron chi connectivity index (χ4n) is 2.34. The van der Waals surface area contributed by atoms with Crippen LogP contribution in [0.2, 0.25) is 0 Å². The van der Waals surface area contributed by atoms with Gasteiger partial charge in [-0.3, -0.25) is 4.79 Å². The first-order valence-corrected chi connectivity index (χ1v) is 6.96. The summed E-state index contributed by atoms with van der Waals surface area (Å²) >= 11 is 1.59. The Morgan fingerprint density at radius 1 is 1.50 bits per heavy atom. The Hall–Kier alpha value is -0.960. The average molecular weight is 235 g/mol. The van der Waals surface area contributed by atoms with Gasteiger partial charge in [0.25, 0.3) is 0 Å². The second kappa shape index (κ2) is 4.91. The molecule has 0 bridgehead atoms. The molecule has 1 amide bonds. The van der Waals surface area contributed by atoms with Gasteiger partial charge < -0.3 is 4.90 Å². The van der Waals surface area contributed by atoms with Gasteiger partial charge in [-0.05, 0) is 30.2 Å². The van der Waals surface area contributed by atoms with Crippen molar-refractivity contribution in [3.8, 4) is 0 Å². The van der Waals surface area contributed by atoms with Gasteiger partial charge in [0.05, 0.1) is 11.8 Å². The number of aryl methyl sites for hydroxylation is 1. The fourth-order valence-corrected chi connectivity index (χ4v) is 2.79. The summed E-state index contributed by atoms with van der Waals surface area (Å²) in [4.78, 5) is 13.8. The Bertz CT molecular complexity index is 391. The van der Waals surface area contributed by atoms with Gasteiger partial charge >= 0.3 is 0 Å². The molecule has 0 fully saturated rings. The van der Waals surface area contributed by atoms with Crippen molar-refractivity contribution in [1.82, 2.24) is 4.90 Å². The number of benzene rings is 1. The summed E-state index contributed by atoms with van der Waals surface area (Å²) in [5, 5.41) is 0. The molecule has 1 aromatic rings. The minimum atomic E-state index is 0.231. The predicted molar refractivity (Wildman–Crippen MR) is 68.7 cm³/mol. The maximum Gasteiger partial charge on any atom is 0.232 e. The molecule has 0 spiro atoms. The number of nitrogens with zero attached hydrogens (tertiary/aromatic N) is 1. The molecule has 2 rings (SSSR count). The second-order valence-electron chi connectivity index (χ2n) is 4.19. The highest BCUT2D eigenvalue weighted by Gasteiger charge is 2.27. The zero-order chi connectivity index (χ0) is 11.5. The molecule has 0 radical (unpaired) electrons. The van der Waals surface area contributed by atoms with Crippen molar-refractivity contribution in [3.05, 3.63) is 35.4 Å². The van der Waals surface area contributed by atoms with Gasteiger partial charge in [-0.15, -0.1) is 0 Å². The van der Waals surface area contributed by atoms with Crippen LogP contribution in [0, 0.1) is 0 Å². The molecule has 0 aromatic heterocycles. The number of carbonyl (C=O) groups is 1. The first-order chi connectivity index (χ1) is 7.74. The van der Waals surface area contributed by atoms with E-state index in [1.165, 1.54) is 11.1 Å². The van der Waals surface area contributed by atoms with E-state index in [-0.39, 0.29) is 11.9 Å². The number of hydrogen-bond donors (Lipinski definition) is 0. The monoisotopic (exact) mass is 235 g/mol. The summed E-state index contributed by atoms with van der Waals surface area (Å²) in [5.74, 6) is 0.809. The number of rotatable bonds is 3. The van der Waals surface area contributed by atoms with Crippen LogP contribution in [0.25, 0.3) is 0 Å². The van der Waals surface area contributed by atoms with Crippen molar-refractivity contribution in [2.75, 3.05) is 19.1 Å². The van der Waals surface area contributed by atoms with E-state index in [1.807, 2.05) is 18.2 Å². The standard InChI is InChI=1S/C13H17NOS/c1-14(13(15)9-16-2)12-8-7-10-5-3-4-6-11(10)12/h3-6,12H,7-9H2,1-2H3. The van der Waals surface area contributed by atoms with E-state index >= 15 is 0 Å². The van der Waals surface area contributed by atoms with Gasteiger partial charge in [-0.1, -0.05) is 24.3 Å². The maximum absolute atomic E-state index is 11.8. The van der Waals surface area contributed by atoms with Crippen LogP contribution in [0.3, 0.4) is 0 Å². The van der Waals surface area contributed by atoms with E-state index in [9.17, 15) is 4.79 Å². The van der Waals surface area contributed by atoms with Crippen LogP contribution in [-0.4, -0.2) is 29.9 Å². The molecule has 1 atom stereocenters. The largest absolute Gasteiger partial charge is 0.338 e. The van der Waals surface area contributed by atoms with Crippen molar-refractivity contribution in [2.45, 2.75) is 18.9 Å². The van der Waals surface area contributed by atoms with Crippen molar-refractivity contribution >= 4 is 17.7 Å². The molecular weight excluding hydrogens is 218 g/mol. The molecule has 0 saturated heterocycles. The number of hydrogen-bond acceptors (Lipinski definition) is 2. The number of fused-ring (bicyclic) bond motifs is 1. The summed E-state index contributed by atoms with van der Waals surface area (Å²) in [6.45, 7) is 0. The zero-order valence-corrected chi connectivity index (χ0v) is 10.6. The van der Waals surface area contributed by atoms with Gasteiger partial charge in [-0.2, -0.15) is 11.8 Å². The number of carbonyl (C=O) groups excluding carboxylic acids is 1. The van der Waals surface area contributed by atoms with Crippen LogP contribution < -0.4 is 0 Å². The molecule has 86 valence electrons. The van der Waals surface area contributed by atoms with Gasteiger partial charge in [0.1, 0.15) is 0 Å². The van der Waals surface area contributed by atoms with Crippen molar-refractivity contribution < 1.29 is 4.79 Å². The smallest absolute Gasteiger partial charge is 0.232 e. The molecule has 0 saturated carbocycles. The third-order valence-electron chi connectivity index (χ3n) is 3.23. The summed E-state index contributed by atoms with van der Waals surface area (Å²) in [5.41, 5.74) is 2.73. The van der Waals surface area contributed by atoms with Gasteiger partial charge in [0, 0.05) is 7.05 Å². The Labute approximate surface area is 101 Å². The molecule has 1 unspecified atom stereocenters. The third kappa shape index (κ3) is 2.09. The molecule has 1 aliphatic rings. The Kier molecular flexibility index (Phi) is 3.54. The molecule has 2 nitrogen and oxygen atoms in total. The van der Waals surface area contributed by atoms with E-state index in [0.717, 1.165) is 12.8 Å². The Morgan fingerprint density at radius 2 is 2.25 bits per heavy atom. The number of amides is 1. The average Bonchev–Trinajstić information content (AvgIpc) is 2.72. The van der Waals surface area contributed by atoms with Gasteiger partial charge in [-0.25, -0.2) is 0 Å². The first kappa shape index (κ1) is 11.5. The van der Waals surface area contributed by atoms with E-state index < -0.39 is 0 Å². The molecule has 16 heavy (non-hydrogen) atoms. The normalized spacial score (nSPS) is 18.2. The van der Waals surface area contributed by atoms with Crippen LogP contribution >= 0.6 is 11.8 Å². The molecule has 1 aromatic carbocycles. The van der Waals surface area contributed by atoms with E-state index in [1.54, 1.807) is 11.8 Å². The minimum absolute atomic E-state index is 0.231. The lowest BCUT2D eigenvalue weighted by Crippen LogP contribution is -2.31. The van der Waals surface area contributed by atoms with Crippen LogP contribution in [0.1, 0.15) is 23.6 Å². The van der Waals surface area contributed by atoms with Gasteiger partial charge in [0.2, 0.25) is 5.91 Å². The molecular formula is C13H17NOS. The first-order valence-electron chi connectivity index (χ1n) is 5.56. The second-order valence-corrected chi connectivity index (χ2v) is 5.06.